The number of aromatic nitrogens is 4. The molecule has 10 nitrogen and oxygen atoms in total. The van der Waals surface area contributed by atoms with Crippen molar-refractivity contribution < 1.29 is 13.2 Å². The zero-order chi connectivity index (χ0) is 19.9. The Kier molecular flexibility index (Phi) is 4.98. The van der Waals surface area contributed by atoms with E-state index in [1.165, 1.54) is 27.4 Å². The van der Waals surface area contributed by atoms with Gasteiger partial charge in [-0.15, -0.1) is 0 Å². The molecule has 0 radical (unpaired) electrons. The molecule has 2 aromatic heterocycles. The topological polar surface area (TPSA) is 116 Å². The van der Waals surface area contributed by atoms with E-state index in [0.29, 0.717) is 19.4 Å². The van der Waals surface area contributed by atoms with Crippen LogP contribution in [0, 0.1) is 0 Å². The second-order valence-electron chi connectivity index (χ2n) is 6.90. The Morgan fingerprint density at radius 3 is 2.63 bits per heavy atom. The number of hydrogen-bond acceptors (Lipinski definition) is 6. The number of aryl methyl sites for hydroxylation is 2. The SMILES string of the molecule is CCCN(C(=O)Cn1c(=O)c2c(ncn2C)n(C)c1=O)[C@@H]1CCS(=O)(=O)C1. The van der Waals surface area contributed by atoms with Crippen LogP contribution in [0.2, 0.25) is 0 Å². The average Bonchev–Trinajstić information content (AvgIpc) is 3.16. The van der Waals surface area contributed by atoms with Gasteiger partial charge in [-0.3, -0.25) is 14.2 Å². The zero-order valence-corrected chi connectivity index (χ0v) is 16.4. The van der Waals surface area contributed by atoms with E-state index in [4.69, 9.17) is 0 Å². The van der Waals surface area contributed by atoms with Gasteiger partial charge in [0.25, 0.3) is 5.56 Å². The fourth-order valence-electron chi connectivity index (χ4n) is 3.53. The van der Waals surface area contributed by atoms with E-state index >= 15 is 0 Å². The Bertz CT molecular complexity index is 1110. The third-order valence-corrected chi connectivity index (χ3v) is 6.68. The summed E-state index contributed by atoms with van der Waals surface area (Å²) in [6.07, 6.45) is 2.46. The fourth-order valence-corrected chi connectivity index (χ4v) is 5.27. The third kappa shape index (κ3) is 3.43. The lowest BCUT2D eigenvalue weighted by atomic mass is 10.2. The number of imidazole rings is 1. The molecule has 1 amide bonds. The van der Waals surface area contributed by atoms with E-state index in [0.717, 1.165) is 4.57 Å². The summed E-state index contributed by atoms with van der Waals surface area (Å²) in [5.41, 5.74) is -0.731. The Morgan fingerprint density at radius 2 is 2.04 bits per heavy atom. The Morgan fingerprint density at radius 1 is 1.33 bits per heavy atom. The first-order valence-electron chi connectivity index (χ1n) is 8.77. The summed E-state index contributed by atoms with van der Waals surface area (Å²) in [6, 6.07) is -0.414. The van der Waals surface area contributed by atoms with Gasteiger partial charge >= 0.3 is 5.69 Å². The molecule has 0 aromatic carbocycles. The number of rotatable bonds is 5. The van der Waals surface area contributed by atoms with Crippen molar-refractivity contribution in [2.45, 2.75) is 32.4 Å². The van der Waals surface area contributed by atoms with E-state index in [1.54, 1.807) is 7.05 Å². The third-order valence-electron chi connectivity index (χ3n) is 4.93. The van der Waals surface area contributed by atoms with Crippen molar-refractivity contribution in [3.8, 4) is 0 Å². The number of sulfone groups is 1. The van der Waals surface area contributed by atoms with E-state index in [-0.39, 0.29) is 22.7 Å². The van der Waals surface area contributed by atoms with Crippen LogP contribution in [0.3, 0.4) is 0 Å². The molecular formula is C16H23N5O5S. The summed E-state index contributed by atoms with van der Waals surface area (Å²) < 4.78 is 27.2. The zero-order valence-electron chi connectivity index (χ0n) is 15.6. The molecule has 1 aliphatic rings. The minimum Gasteiger partial charge on any atom is -0.337 e. The highest BCUT2D eigenvalue weighted by Gasteiger charge is 2.34. The van der Waals surface area contributed by atoms with E-state index in [2.05, 4.69) is 4.98 Å². The molecule has 0 aliphatic carbocycles. The molecular weight excluding hydrogens is 374 g/mol. The Balaban J connectivity index is 1.98. The van der Waals surface area contributed by atoms with E-state index < -0.39 is 39.6 Å². The van der Waals surface area contributed by atoms with E-state index in [9.17, 15) is 22.8 Å². The number of carbonyl (C=O) groups excluding carboxylic acids is 1. The molecule has 2 aromatic rings. The molecule has 0 spiro atoms. The first kappa shape index (κ1) is 19.3. The van der Waals surface area contributed by atoms with Crippen LogP contribution in [-0.2, 0) is 35.3 Å². The summed E-state index contributed by atoms with van der Waals surface area (Å²) in [5.74, 6) is -0.458. The fraction of sp³-hybridized carbons (Fsp3) is 0.625. The number of hydrogen-bond donors (Lipinski definition) is 0. The molecule has 3 rings (SSSR count). The van der Waals surface area contributed by atoms with Crippen LogP contribution in [0.4, 0.5) is 0 Å². The molecule has 148 valence electrons. The van der Waals surface area contributed by atoms with Crippen LogP contribution < -0.4 is 11.2 Å². The summed E-state index contributed by atoms with van der Waals surface area (Å²) in [5, 5.41) is 0. The predicted molar refractivity (Wildman–Crippen MR) is 99.3 cm³/mol. The second kappa shape index (κ2) is 6.95. The van der Waals surface area contributed by atoms with Gasteiger partial charge in [0.1, 0.15) is 6.54 Å². The van der Waals surface area contributed by atoms with Crippen LogP contribution in [0.15, 0.2) is 15.9 Å². The molecule has 11 heteroatoms. The standard InChI is InChI=1S/C16H23N5O5S/c1-4-6-20(11-5-7-27(25,26)9-11)12(22)8-21-15(23)13-14(17-10-18(13)2)19(3)16(21)24/h10-11H,4-9H2,1-3H3/t11-/m1/s1. The molecule has 0 N–H and O–H groups in total. The van der Waals surface area contributed by atoms with Crippen LogP contribution in [-0.4, -0.2) is 62.0 Å². The summed E-state index contributed by atoms with van der Waals surface area (Å²) in [6.45, 7) is 1.84. The number of nitrogens with zero attached hydrogens (tertiary/aromatic N) is 5. The molecule has 1 aliphatic heterocycles. The van der Waals surface area contributed by atoms with Crippen LogP contribution in [0.1, 0.15) is 19.8 Å². The number of amides is 1. The van der Waals surface area contributed by atoms with E-state index in [1.807, 2.05) is 6.92 Å². The smallest absolute Gasteiger partial charge is 0.332 e. The van der Waals surface area contributed by atoms with Crippen LogP contribution >= 0.6 is 0 Å². The Hall–Kier alpha value is -2.43. The maximum absolute atomic E-state index is 12.9. The molecule has 0 bridgehead atoms. The van der Waals surface area contributed by atoms with Crippen molar-refractivity contribution in [1.29, 1.82) is 0 Å². The maximum Gasteiger partial charge on any atom is 0.332 e. The van der Waals surface area contributed by atoms with Crippen molar-refractivity contribution >= 4 is 26.9 Å². The van der Waals surface area contributed by atoms with Crippen molar-refractivity contribution in [2.24, 2.45) is 14.1 Å². The number of fused-ring (bicyclic) bond motifs is 1. The van der Waals surface area contributed by atoms with Crippen molar-refractivity contribution in [3.63, 3.8) is 0 Å². The lowest BCUT2D eigenvalue weighted by molar-refractivity contribution is -0.133. The van der Waals surface area contributed by atoms with Crippen molar-refractivity contribution in [2.75, 3.05) is 18.1 Å². The molecule has 1 fully saturated rings. The second-order valence-corrected chi connectivity index (χ2v) is 9.13. The highest BCUT2D eigenvalue weighted by atomic mass is 32.2. The van der Waals surface area contributed by atoms with Gasteiger partial charge < -0.3 is 9.47 Å². The van der Waals surface area contributed by atoms with Gasteiger partial charge in [-0.1, -0.05) is 6.92 Å². The van der Waals surface area contributed by atoms with Crippen molar-refractivity contribution in [1.82, 2.24) is 23.6 Å². The minimum atomic E-state index is -3.15. The maximum atomic E-state index is 12.9. The lowest BCUT2D eigenvalue weighted by Crippen LogP contribution is -2.48. The first-order chi connectivity index (χ1) is 12.7. The van der Waals surface area contributed by atoms with Gasteiger partial charge in [-0.25, -0.2) is 22.8 Å². The predicted octanol–water partition coefficient (Wildman–Crippen LogP) is -1.14. The van der Waals surface area contributed by atoms with Gasteiger partial charge in [0.15, 0.2) is 21.0 Å². The Labute approximate surface area is 155 Å². The van der Waals surface area contributed by atoms with Gasteiger partial charge in [0.05, 0.1) is 17.8 Å². The molecule has 0 unspecified atom stereocenters. The van der Waals surface area contributed by atoms with Crippen molar-refractivity contribution in [3.05, 3.63) is 27.2 Å². The monoisotopic (exact) mass is 397 g/mol. The molecule has 0 saturated carbocycles. The molecule has 3 heterocycles. The van der Waals surface area contributed by atoms with Gasteiger partial charge in [0, 0.05) is 26.7 Å². The normalized spacial score (nSPS) is 18.9. The highest BCUT2D eigenvalue weighted by molar-refractivity contribution is 7.91. The molecule has 27 heavy (non-hydrogen) atoms. The van der Waals surface area contributed by atoms with Gasteiger partial charge in [-0.05, 0) is 12.8 Å². The van der Waals surface area contributed by atoms with Crippen LogP contribution in [0.5, 0.6) is 0 Å². The molecule has 1 atom stereocenters. The number of carbonyl (C=O) groups is 1. The lowest BCUT2D eigenvalue weighted by Gasteiger charge is -2.28. The van der Waals surface area contributed by atoms with Gasteiger partial charge in [-0.2, -0.15) is 0 Å². The van der Waals surface area contributed by atoms with Crippen LogP contribution in [0.25, 0.3) is 11.2 Å². The highest BCUT2D eigenvalue weighted by Crippen LogP contribution is 2.18. The summed E-state index contributed by atoms with van der Waals surface area (Å²) >= 11 is 0. The largest absolute Gasteiger partial charge is 0.337 e. The minimum absolute atomic E-state index is 0.0495. The first-order valence-corrected chi connectivity index (χ1v) is 10.6. The molecule has 1 saturated heterocycles. The van der Waals surface area contributed by atoms with Gasteiger partial charge in [0.2, 0.25) is 5.91 Å². The quantitative estimate of drug-likeness (QED) is 0.630. The summed E-state index contributed by atoms with van der Waals surface area (Å²) in [4.78, 5) is 43.7. The summed E-state index contributed by atoms with van der Waals surface area (Å²) in [7, 11) is -0.0245. The average molecular weight is 397 g/mol.